The molecule has 0 spiro atoms. The fraction of sp³-hybridized carbons (Fsp3) is 0.333. The molecule has 3 rings (SSSR count). The predicted octanol–water partition coefficient (Wildman–Crippen LogP) is 4.15. The fourth-order valence-electron chi connectivity index (χ4n) is 2.16. The van der Waals surface area contributed by atoms with E-state index in [9.17, 15) is 0 Å². The molecule has 1 nitrogen and oxygen atoms in total. The number of hydrogen-bond acceptors (Lipinski definition) is 2. The highest BCUT2D eigenvalue weighted by Gasteiger charge is 2.12. The number of nitrogens with zero attached hydrogens (tertiary/aromatic N) is 1. The van der Waals surface area contributed by atoms with E-state index in [1.807, 2.05) is 6.07 Å². The fourth-order valence-corrected chi connectivity index (χ4v) is 3.35. The average Bonchev–Trinajstić information content (AvgIpc) is 2.82. The van der Waals surface area contributed by atoms with Gasteiger partial charge in [-0.2, -0.15) is 0 Å². The van der Waals surface area contributed by atoms with Crippen LogP contribution in [0.3, 0.4) is 0 Å². The molecule has 3 heteroatoms. The molecule has 2 heterocycles. The van der Waals surface area contributed by atoms with Gasteiger partial charge in [-0.15, -0.1) is 11.3 Å². The average molecular weight is 238 g/mol. The van der Waals surface area contributed by atoms with Crippen LogP contribution in [-0.4, -0.2) is 13.1 Å². The van der Waals surface area contributed by atoms with Crippen molar-refractivity contribution in [2.45, 2.75) is 12.8 Å². The monoisotopic (exact) mass is 237 g/mol. The van der Waals surface area contributed by atoms with Gasteiger partial charge < -0.3 is 4.90 Å². The number of hydrogen-bond donors (Lipinski definition) is 0. The first-order valence-corrected chi connectivity index (χ1v) is 6.46. The smallest absolute Gasteiger partial charge is 0.0940 e. The van der Waals surface area contributed by atoms with Crippen molar-refractivity contribution in [3.05, 3.63) is 28.6 Å². The maximum atomic E-state index is 6.00. The SMILES string of the molecule is Clc1cc2ccc(N3CCCC3)cc2s1. The van der Waals surface area contributed by atoms with Crippen molar-refractivity contribution in [3.63, 3.8) is 0 Å². The van der Waals surface area contributed by atoms with E-state index in [4.69, 9.17) is 11.6 Å². The normalized spacial score (nSPS) is 16.5. The zero-order valence-electron chi connectivity index (χ0n) is 8.37. The second-order valence-electron chi connectivity index (χ2n) is 3.97. The van der Waals surface area contributed by atoms with Gasteiger partial charge in [0.15, 0.2) is 0 Å². The summed E-state index contributed by atoms with van der Waals surface area (Å²) in [6.07, 6.45) is 2.65. The minimum absolute atomic E-state index is 0.878. The van der Waals surface area contributed by atoms with Crippen LogP contribution in [0.4, 0.5) is 5.69 Å². The highest BCUT2D eigenvalue weighted by molar-refractivity contribution is 7.22. The van der Waals surface area contributed by atoms with E-state index >= 15 is 0 Å². The van der Waals surface area contributed by atoms with Crippen LogP contribution in [-0.2, 0) is 0 Å². The van der Waals surface area contributed by atoms with Crippen LogP contribution in [0.2, 0.25) is 4.34 Å². The molecule has 15 heavy (non-hydrogen) atoms. The van der Waals surface area contributed by atoms with E-state index in [1.54, 1.807) is 11.3 Å². The lowest BCUT2D eigenvalue weighted by Crippen LogP contribution is -2.17. The van der Waals surface area contributed by atoms with Crippen LogP contribution in [0.1, 0.15) is 12.8 Å². The van der Waals surface area contributed by atoms with Gasteiger partial charge in [-0.05, 0) is 36.4 Å². The largest absolute Gasteiger partial charge is 0.371 e. The molecule has 0 aliphatic carbocycles. The Morgan fingerprint density at radius 3 is 2.73 bits per heavy atom. The summed E-state index contributed by atoms with van der Waals surface area (Å²) in [5, 5.41) is 1.26. The molecule has 0 unspecified atom stereocenters. The van der Waals surface area contributed by atoms with Gasteiger partial charge in [-0.25, -0.2) is 0 Å². The van der Waals surface area contributed by atoms with Gasteiger partial charge in [-0.3, -0.25) is 0 Å². The minimum atomic E-state index is 0.878. The molecule has 1 aliphatic rings. The van der Waals surface area contributed by atoms with E-state index < -0.39 is 0 Å². The van der Waals surface area contributed by atoms with Gasteiger partial charge in [-0.1, -0.05) is 17.7 Å². The van der Waals surface area contributed by atoms with Crippen LogP contribution in [0.25, 0.3) is 10.1 Å². The summed E-state index contributed by atoms with van der Waals surface area (Å²) in [6, 6.07) is 8.68. The second kappa shape index (κ2) is 3.69. The molecule has 1 aromatic heterocycles. The topological polar surface area (TPSA) is 3.24 Å². The first kappa shape index (κ1) is 9.49. The Hall–Kier alpha value is -0.730. The maximum Gasteiger partial charge on any atom is 0.0940 e. The molecular weight excluding hydrogens is 226 g/mol. The Morgan fingerprint density at radius 2 is 1.93 bits per heavy atom. The summed E-state index contributed by atoms with van der Waals surface area (Å²) < 4.78 is 2.17. The Balaban J connectivity index is 2.04. The van der Waals surface area contributed by atoms with E-state index in [-0.39, 0.29) is 0 Å². The molecule has 1 aromatic carbocycles. The van der Waals surface area contributed by atoms with Crippen molar-refractivity contribution < 1.29 is 0 Å². The van der Waals surface area contributed by atoms with Gasteiger partial charge in [0.1, 0.15) is 0 Å². The molecule has 0 N–H and O–H groups in total. The Kier molecular flexibility index (Phi) is 2.33. The van der Waals surface area contributed by atoms with Crippen LogP contribution < -0.4 is 4.90 Å². The summed E-state index contributed by atoms with van der Waals surface area (Å²) >= 11 is 7.66. The molecule has 0 amide bonds. The minimum Gasteiger partial charge on any atom is -0.371 e. The van der Waals surface area contributed by atoms with Crippen molar-refractivity contribution >= 4 is 38.7 Å². The number of thiophene rings is 1. The highest BCUT2D eigenvalue weighted by Crippen LogP contribution is 2.33. The van der Waals surface area contributed by atoms with Crippen LogP contribution in [0.5, 0.6) is 0 Å². The molecule has 0 atom stereocenters. The zero-order chi connectivity index (χ0) is 10.3. The lowest BCUT2D eigenvalue weighted by molar-refractivity contribution is 0.949. The van der Waals surface area contributed by atoms with E-state index in [0.717, 1.165) is 4.34 Å². The van der Waals surface area contributed by atoms with Gasteiger partial charge in [0.25, 0.3) is 0 Å². The molecule has 1 fully saturated rings. The first-order valence-electron chi connectivity index (χ1n) is 5.27. The van der Waals surface area contributed by atoms with Crippen LogP contribution >= 0.6 is 22.9 Å². The first-order chi connectivity index (χ1) is 7.33. The Morgan fingerprint density at radius 1 is 1.13 bits per heavy atom. The van der Waals surface area contributed by atoms with Crippen molar-refractivity contribution in [1.29, 1.82) is 0 Å². The van der Waals surface area contributed by atoms with Crippen molar-refractivity contribution in [1.82, 2.24) is 0 Å². The molecule has 1 aliphatic heterocycles. The van der Waals surface area contributed by atoms with Crippen molar-refractivity contribution in [2.24, 2.45) is 0 Å². The van der Waals surface area contributed by atoms with Gasteiger partial charge in [0.2, 0.25) is 0 Å². The van der Waals surface area contributed by atoms with E-state index in [1.165, 1.54) is 41.7 Å². The summed E-state index contributed by atoms with van der Waals surface area (Å²) in [5.41, 5.74) is 1.35. The molecule has 0 saturated carbocycles. The standard InChI is InChI=1S/C12H12ClNS/c13-12-7-9-3-4-10(8-11(9)15-12)14-5-1-2-6-14/h3-4,7-8H,1-2,5-6H2. The number of halogens is 1. The predicted molar refractivity (Wildman–Crippen MR) is 68.3 cm³/mol. The van der Waals surface area contributed by atoms with Crippen molar-refractivity contribution in [2.75, 3.05) is 18.0 Å². The highest BCUT2D eigenvalue weighted by atomic mass is 35.5. The lowest BCUT2D eigenvalue weighted by atomic mass is 10.2. The van der Waals surface area contributed by atoms with Crippen molar-refractivity contribution in [3.8, 4) is 0 Å². The number of anilines is 1. The molecule has 1 saturated heterocycles. The molecule has 2 aromatic rings. The molecule has 78 valence electrons. The summed E-state index contributed by atoms with van der Waals surface area (Å²) in [7, 11) is 0. The third kappa shape index (κ3) is 1.72. The zero-order valence-corrected chi connectivity index (χ0v) is 9.94. The molecular formula is C12H12ClNS. The van der Waals surface area contributed by atoms with Gasteiger partial charge in [0, 0.05) is 23.5 Å². The van der Waals surface area contributed by atoms with Gasteiger partial charge in [0.05, 0.1) is 4.34 Å². The Bertz CT molecular complexity index is 485. The number of fused-ring (bicyclic) bond motifs is 1. The third-order valence-electron chi connectivity index (χ3n) is 2.94. The molecule has 0 bridgehead atoms. The summed E-state index contributed by atoms with van der Waals surface area (Å²) in [5.74, 6) is 0. The summed E-state index contributed by atoms with van der Waals surface area (Å²) in [4.78, 5) is 2.45. The van der Waals surface area contributed by atoms with Crippen LogP contribution in [0.15, 0.2) is 24.3 Å². The van der Waals surface area contributed by atoms with Gasteiger partial charge >= 0.3 is 0 Å². The number of rotatable bonds is 1. The van der Waals surface area contributed by atoms with Crippen LogP contribution in [0, 0.1) is 0 Å². The maximum absolute atomic E-state index is 6.00. The van der Waals surface area contributed by atoms with E-state index in [0.29, 0.717) is 0 Å². The quantitative estimate of drug-likeness (QED) is 0.720. The Labute approximate surface area is 98.3 Å². The van der Waals surface area contributed by atoms with E-state index in [2.05, 4.69) is 23.1 Å². The second-order valence-corrected chi connectivity index (χ2v) is 5.68. The third-order valence-corrected chi connectivity index (χ3v) is 4.17. The molecule has 0 radical (unpaired) electrons. The number of benzene rings is 1. The lowest BCUT2D eigenvalue weighted by Gasteiger charge is -2.17. The summed E-state index contributed by atoms with van der Waals surface area (Å²) in [6.45, 7) is 2.40.